The lowest BCUT2D eigenvalue weighted by molar-refractivity contribution is -0.138. The fourth-order valence-electron chi connectivity index (χ4n) is 8.36. The van der Waals surface area contributed by atoms with Crippen LogP contribution in [0.25, 0.3) is 86.9 Å². The van der Waals surface area contributed by atoms with E-state index in [1.807, 2.05) is 0 Å². The summed E-state index contributed by atoms with van der Waals surface area (Å²) in [6, 6.07) is 25.1. The quantitative estimate of drug-likeness (QED) is 0.124. The average Bonchev–Trinajstić information content (AvgIpc) is 3.75. The molecule has 2 heterocycles. The molecule has 324 valence electrons. The molecule has 65 heavy (non-hydrogen) atoms. The molecule has 0 N–H and O–H groups in total. The molecule has 0 saturated carbocycles. The van der Waals surface area contributed by atoms with Crippen molar-refractivity contribution >= 4 is 55.0 Å². The maximum absolute atomic E-state index is 14.1. The maximum atomic E-state index is 14.1. The zero-order valence-corrected chi connectivity index (χ0v) is 32.9. The van der Waals surface area contributed by atoms with Gasteiger partial charge in [-0.15, -0.1) is 0 Å². The van der Waals surface area contributed by atoms with Crippen LogP contribution >= 0.6 is 0 Å². The van der Waals surface area contributed by atoms with E-state index in [0.29, 0.717) is 22.5 Å². The van der Waals surface area contributed by atoms with E-state index in [1.54, 1.807) is 35.8 Å². The third kappa shape index (κ3) is 7.25. The van der Waals surface area contributed by atoms with Gasteiger partial charge in [0.2, 0.25) is 0 Å². The second kappa shape index (κ2) is 14.7. The molecular formula is C49H24F12N4. The highest BCUT2D eigenvalue weighted by atomic mass is 19.4. The number of alkyl halides is 12. The highest BCUT2D eigenvalue weighted by Gasteiger charge is 2.35. The Hall–Kier alpha value is -7.72. The molecule has 0 saturated heterocycles. The maximum Gasteiger partial charge on any atom is 0.416 e. The minimum absolute atomic E-state index is 0.0274. The van der Waals surface area contributed by atoms with Crippen molar-refractivity contribution in [3.05, 3.63) is 178 Å². The van der Waals surface area contributed by atoms with Crippen LogP contribution in [0.5, 0.6) is 0 Å². The molecule has 7 aromatic carbocycles. The van der Waals surface area contributed by atoms with Crippen LogP contribution in [0.4, 0.5) is 64.1 Å². The lowest BCUT2D eigenvalue weighted by Gasteiger charge is -2.19. The van der Waals surface area contributed by atoms with Crippen LogP contribution in [0.1, 0.15) is 27.8 Å². The Morgan fingerprint density at radius 1 is 0.385 bits per heavy atom. The molecule has 2 aromatic heterocycles. The first-order chi connectivity index (χ1) is 30.6. The van der Waals surface area contributed by atoms with Crippen molar-refractivity contribution < 1.29 is 52.7 Å². The number of hydrogen-bond donors (Lipinski definition) is 0. The number of hydrogen-bond acceptors (Lipinski definition) is 0. The molecule has 0 aliphatic heterocycles. The topological polar surface area (TPSA) is 18.6 Å². The minimum Gasteiger partial charge on any atom is -0.309 e. The fraction of sp³-hybridized carbons (Fsp3) is 0.102. The Morgan fingerprint density at radius 3 is 1.32 bits per heavy atom. The Bertz CT molecular complexity index is 3460. The normalized spacial score (nSPS) is 12.7. The van der Waals surface area contributed by atoms with Gasteiger partial charge in [0.1, 0.15) is 0 Å². The monoisotopic (exact) mass is 896 g/mol. The van der Waals surface area contributed by atoms with Gasteiger partial charge >= 0.3 is 24.7 Å². The van der Waals surface area contributed by atoms with Crippen molar-refractivity contribution in [1.82, 2.24) is 9.13 Å². The van der Waals surface area contributed by atoms with Gasteiger partial charge in [0.05, 0.1) is 57.6 Å². The molecule has 16 heteroatoms. The van der Waals surface area contributed by atoms with Crippen molar-refractivity contribution in [3.8, 4) is 33.6 Å². The van der Waals surface area contributed by atoms with E-state index in [1.165, 1.54) is 41.0 Å². The van der Waals surface area contributed by atoms with Gasteiger partial charge in [0.15, 0.2) is 11.4 Å². The van der Waals surface area contributed by atoms with Gasteiger partial charge in [-0.3, -0.25) is 0 Å². The van der Waals surface area contributed by atoms with Crippen LogP contribution < -0.4 is 0 Å². The molecule has 0 aliphatic carbocycles. The molecule has 0 aliphatic rings. The van der Waals surface area contributed by atoms with Crippen LogP contribution in [-0.2, 0) is 24.7 Å². The summed E-state index contributed by atoms with van der Waals surface area (Å²) in [7, 11) is 0. The second-order valence-electron chi connectivity index (χ2n) is 15.3. The predicted molar refractivity (Wildman–Crippen MR) is 223 cm³/mol. The van der Waals surface area contributed by atoms with Gasteiger partial charge in [-0.1, -0.05) is 35.9 Å². The van der Waals surface area contributed by atoms with E-state index in [9.17, 15) is 52.7 Å². The van der Waals surface area contributed by atoms with Gasteiger partial charge in [-0.05, 0) is 126 Å². The summed E-state index contributed by atoms with van der Waals surface area (Å²) in [5, 5.41) is 0.326. The van der Waals surface area contributed by atoms with Crippen LogP contribution in [0.2, 0.25) is 0 Å². The van der Waals surface area contributed by atoms with Crippen molar-refractivity contribution in [2.24, 2.45) is 0 Å². The van der Waals surface area contributed by atoms with E-state index < -0.39 is 47.0 Å². The Kier molecular flexibility index (Phi) is 9.61. The first-order valence-corrected chi connectivity index (χ1v) is 19.2. The summed E-state index contributed by atoms with van der Waals surface area (Å²) in [6.45, 7) is 17.8. The number of rotatable bonds is 4. The van der Waals surface area contributed by atoms with E-state index >= 15 is 0 Å². The molecule has 0 radical (unpaired) electrons. The number of benzene rings is 7. The molecule has 4 nitrogen and oxygen atoms in total. The number of aryl methyl sites for hydroxylation is 1. The SMILES string of the molecule is [C-]#[N+]c1cc(C(F)(F)F)ccc1-c1ccc(-n2c3ccc(C)cc3c3cc(C(F)(F)F)ccc32)c(-c2cc(-n3c4ccc(C(F)(F)F)cc4c4cc(C(F)(F)F)ccc43)ccc2[N+]#[C-])c1. The van der Waals surface area contributed by atoms with E-state index in [2.05, 4.69) is 9.69 Å². The van der Waals surface area contributed by atoms with Crippen molar-refractivity contribution in [3.63, 3.8) is 0 Å². The Balaban J connectivity index is 1.38. The molecule has 0 atom stereocenters. The molecule has 0 fully saturated rings. The van der Waals surface area contributed by atoms with Gasteiger partial charge in [0, 0.05) is 32.8 Å². The van der Waals surface area contributed by atoms with Gasteiger partial charge in [-0.2, -0.15) is 52.7 Å². The van der Waals surface area contributed by atoms with E-state index in [0.717, 1.165) is 66.2 Å². The van der Waals surface area contributed by atoms with Crippen LogP contribution in [0, 0.1) is 20.1 Å². The summed E-state index contributed by atoms with van der Waals surface area (Å²) in [6.07, 6.45) is -19.2. The van der Waals surface area contributed by atoms with Gasteiger partial charge < -0.3 is 9.13 Å². The molecule has 9 rings (SSSR count). The molecule has 9 aromatic rings. The smallest absolute Gasteiger partial charge is 0.309 e. The third-order valence-corrected chi connectivity index (χ3v) is 11.3. The van der Waals surface area contributed by atoms with Crippen molar-refractivity contribution in [2.45, 2.75) is 31.6 Å². The molecule has 0 unspecified atom stereocenters. The number of fused-ring (bicyclic) bond motifs is 6. The molecular weight excluding hydrogens is 873 g/mol. The largest absolute Gasteiger partial charge is 0.416 e. The van der Waals surface area contributed by atoms with Crippen LogP contribution in [-0.4, -0.2) is 9.13 Å². The summed E-state index contributed by atoms with van der Waals surface area (Å²) in [4.78, 5) is 7.08. The zero-order valence-electron chi connectivity index (χ0n) is 32.9. The third-order valence-electron chi connectivity index (χ3n) is 11.3. The summed E-state index contributed by atoms with van der Waals surface area (Å²) in [5.74, 6) is 0. The summed E-state index contributed by atoms with van der Waals surface area (Å²) >= 11 is 0. The second-order valence-corrected chi connectivity index (χ2v) is 15.3. The fourth-order valence-corrected chi connectivity index (χ4v) is 8.36. The highest BCUT2D eigenvalue weighted by Crippen LogP contribution is 2.47. The summed E-state index contributed by atoms with van der Waals surface area (Å²) < 4.78 is 171. The summed E-state index contributed by atoms with van der Waals surface area (Å²) in [5.41, 5.74) is -2.01. The Labute approximate surface area is 359 Å². The molecule has 0 bridgehead atoms. The predicted octanol–water partition coefficient (Wildman–Crippen LogP) is 16.7. The average molecular weight is 897 g/mol. The van der Waals surface area contributed by atoms with Gasteiger partial charge in [0.25, 0.3) is 0 Å². The zero-order chi connectivity index (χ0) is 46.5. The van der Waals surface area contributed by atoms with E-state index in [4.69, 9.17) is 13.1 Å². The standard InChI is InChI=1S/C49H24F12N4/c1-25-4-13-43-34(18-25)36-20-29(48(56,57)58)9-17-45(36)65(43)44-14-5-26(32-11-6-30(49(59,60)61)23-40(32)63-3)19-35(44)33-24-31(10-12-39(33)62-2)64-41-15-7-27(46(50,51)52)21-37(41)38-22-28(47(53,54)55)8-16-42(38)64/h4-24H,1H3. The van der Waals surface area contributed by atoms with Crippen molar-refractivity contribution in [1.29, 1.82) is 0 Å². The Morgan fingerprint density at radius 2 is 0.831 bits per heavy atom. The van der Waals surface area contributed by atoms with Crippen LogP contribution in [0.15, 0.2) is 127 Å². The highest BCUT2D eigenvalue weighted by molar-refractivity contribution is 6.12. The molecule has 0 amide bonds. The lowest BCUT2D eigenvalue weighted by Crippen LogP contribution is -2.05. The van der Waals surface area contributed by atoms with Gasteiger partial charge in [-0.25, -0.2) is 9.69 Å². The van der Waals surface area contributed by atoms with Crippen molar-refractivity contribution in [2.75, 3.05) is 0 Å². The first kappa shape index (κ1) is 42.6. The number of aromatic nitrogens is 2. The minimum atomic E-state index is -4.85. The van der Waals surface area contributed by atoms with Crippen LogP contribution in [0.3, 0.4) is 0 Å². The number of nitrogens with zero attached hydrogens (tertiary/aromatic N) is 4. The number of halogens is 12. The van der Waals surface area contributed by atoms with E-state index in [-0.39, 0.29) is 72.2 Å². The molecule has 0 spiro atoms. The lowest BCUT2D eigenvalue weighted by atomic mass is 9.94. The first-order valence-electron chi connectivity index (χ1n) is 19.2.